The lowest BCUT2D eigenvalue weighted by Gasteiger charge is -2.05. The second-order valence-electron chi connectivity index (χ2n) is 3.61. The highest BCUT2D eigenvalue weighted by Crippen LogP contribution is 2.18. The maximum Gasteiger partial charge on any atom is 0.273 e. The second kappa shape index (κ2) is 4.78. The number of carbonyl (C=O) groups is 1. The molecule has 100 valence electrons. The third-order valence-corrected chi connectivity index (χ3v) is 3.19. The van der Waals surface area contributed by atoms with E-state index in [1.165, 1.54) is 18.3 Å². The standard InChI is InChI=1S/C10H9FN4O3S/c11-7-5-6(1-2-9(7)19(12,17)18)14-10(16)8-3-4-13-15-8/h1-5H,(H,13,15)(H,14,16)(H2,12,17,18). The number of benzene rings is 1. The molecule has 0 saturated carbocycles. The van der Waals surface area contributed by atoms with Crippen molar-refractivity contribution in [1.29, 1.82) is 0 Å². The number of aromatic amines is 1. The first-order valence-corrected chi connectivity index (χ1v) is 6.55. The van der Waals surface area contributed by atoms with Gasteiger partial charge in [-0.05, 0) is 24.3 Å². The molecule has 0 unspecified atom stereocenters. The quantitative estimate of drug-likeness (QED) is 0.758. The molecule has 1 aromatic carbocycles. The zero-order valence-corrected chi connectivity index (χ0v) is 10.2. The zero-order chi connectivity index (χ0) is 14.0. The molecule has 0 saturated heterocycles. The molecule has 0 radical (unpaired) electrons. The van der Waals surface area contributed by atoms with Gasteiger partial charge in [-0.2, -0.15) is 5.10 Å². The Morgan fingerprint density at radius 1 is 1.37 bits per heavy atom. The lowest BCUT2D eigenvalue weighted by Crippen LogP contribution is -2.15. The number of amides is 1. The summed E-state index contributed by atoms with van der Waals surface area (Å²) in [5.74, 6) is -1.56. The van der Waals surface area contributed by atoms with Gasteiger partial charge in [-0.15, -0.1) is 0 Å². The van der Waals surface area contributed by atoms with Crippen LogP contribution in [-0.4, -0.2) is 24.5 Å². The van der Waals surface area contributed by atoms with Crippen molar-refractivity contribution in [2.45, 2.75) is 4.90 Å². The fourth-order valence-electron chi connectivity index (χ4n) is 1.39. The number of hydrogen-bond donors (Lipinski definition) is 3. The number of hydrogen-bond acceptors (Lipinski definition) is 4. The van der Waals surface area contributed by atoms with E-state index in [1.807, 2.05) is 0 Å². The van der Waals surface area contributed by atoms with Crippen LogP contribution >= 0.6 is 0 Å². The Morgan fingerprint density at radius 3 is 2.63 bits per heavy atom. The minimum Gasteiger partial charge on any atom is -0.321 e. The van der Waals surface area contributed by atoms with E-state index < -0.39 is 26.6 Å². The zero-order valence-electron chi connectivity index (χ0n) is 9.42. The molecular weight excluding hydrogens is 275 g/mol. The fraction of sp³-hybridized carbons (Fsp3) is 0. The number of H-pyrrole nitrogens is 1. The average molecular weight is 284 g/mol. The molecule has 7 nitrogen and oxygen atoms in total. The van der Waals surface area contributed by atoms with Crippen LogP contribution in [0.4, 0.5) is 10.1 Å². The Bertz CT molecular complexity index is 712. The summed E-state index contributed by atoms with van der Waals surface area (Å²) in [6.45, 7) is 0. The van der Waals surface area contributed by atoms with Gasteiger partial charge in [0.05, 0.1) is 0 Å². The van der Waals surface area contributed by atoms with Gasteiger partial charge in [0.2, 0.25) is 10.0 Å². The maximum atomic E-state index is 13.5. The highest BCUT2D eigenvalue weighted by molar-refractivity contribution is 7.89. The van der Waals surface area contributed by atoms with Crippen molar-refractivity contribution in [2.75, 3.05) is 5.32 Å². The Balaban J connectivity index is 2.24. The van der Waals surface area contributed by atoms with E-state index in [9.17, 15) is 17.6 Å². The molecule has 2 aromatic rings. The molecule has 0 fully saturated rings. The van der Waals surface area contributed by atoms with E-state index in [0.717, 1.165) is 12.1 Å². The third-order valence-electron chi connectivity index (χ3n) is 2.24. The number of halogens is 1. The Morgan fingerprint density at radius 2 is 2.11 bits per heavy atom. The molecular formula is C10H9FN4O3S. The van der Waals surface area contributed by atoms with Crippen molar-refractivity contribution in [1.82, 2.24) is 10.2 Å². The van der Waals surface area contributed by atoms with Crippen molar-refractivity contribution < 1.29 is 17.6 Å². The SMILES string of the molecule is NS(=O)(=O)c1ccc(NC(=O)c2ccn[nH]2)cc1F. The van der Waals surface area contributed by atoms with Gasteiger partial charge in [0.1, 0.15) is 16.4 Å². The highest BCUT2D eigenvalue weighted by Gasteiger charge is 2.15. The van der Waals surface area contributed by atoms with E-state index >= 15 is 0 Å². The van der Waals surface area contributed by atoms with Gasteiger partial charge in [-0.1, -0.05) is 0 Å². The molecule has 4 N–H and O–H groups in total. The number of anilines is 1. The predicted octanol–water partition coefficient (Wildman–Crippen LogP) is 0.449. The van der Waals surface area contributed by atoms with E-state index in [4.69, 9.17) is 5.14 Å². The molecule has 1 heterocycles. The van der Waals surface area contributed by atoms with Crippen LogP contribution in [0.5, 0.6) is 0 Å². The first-order chi connectivity index (χ1) is 8.88. The molecule has 0 aliphatic rings. The molecule has 0 aliphatic heterocycles. The lowest BCUT2D eigenvalue weighted by molar-refractivity contribution is 0.102. The molecule has 1 aromatic heterocycles. The van der Waals surface area contributed by atoms with Crippen LogP contribution in [0.3, 0.4) is 0 Å². The van der Waals surface area contributed by atoms with Crippen molar-refractivity contribution in [2.24, 2.45) is 5.14 Å². The predicted molar refractivity (Wildman–Crippen MR) is 64.3 cm³/mol. The maximum absolute atomic E-state index is 13.5. The van der Waals surface area contributed by atoms with E-state index in [0.29, 0.717) is 0 Å². The molecule has 2 rings (SSSR count). The Hall–Kier alpha value is -2.26. The van der Waals surface area contributed by atoms with Crippen LogP contribution < -0.4 is 10.5 Å². The van der Waals surface area contributed by atoms with Crippen LogP contribution in [0.1, 0.15) is 10.5 Å². The van der Waals surface area contributed by atoms with Crippen LogP contribution in [0.2, 0.25) is 0 Å². The van der Waals surface area contributed by atoms with Gasteiger partial charge in [0.25, 0.3) is 5.91 Å². The number of sulfonamides is 1. The number of carbonyl (C=O) groups excluding carboxylic acids is 1. The van der Waals surface area contributed by atoms with Gasteiger partial charge < -0.3 is 5.32 Å². The van der Waals surface area contributed by atoms with Gasteiger partial charge >= 0.3 is 0 Å². The number of primary sulfonamides is 1. The summed E-state index contributed by atoms with van der Waals surface area (Å²) in [5.41, 5.74) is 0.292. The molecule has 0 bridgehead atoms. The first-order valence-electron chi connectivity index (χ1n) is 5.01. The van der Waals surface area contributed by atoms with Crippen LogP contribution in [0.15, 0.2) is 35.4 Å². The number of rotatable bonds is 3. The summed E-state index contributed by atoms with van der Waals surface area (Å²) in [6, 6.07) is 4.52. The summed E-state index contributed by atoms with van der Waals surface area (Å²) >= 11 is 0. The molecule has 19 heavy (non-hydrogen) atoms. The van der Waals surface area contributed by atoms with Crippen LogP contribution in [0.25, 0.3) is 0 Å². The van der Waals surface area contributed by atoms with Crippen LogP contribution in [0, 0.1) is 5.82 Å². The number of nitrogens with one attached hydrogen (secondary N) is 2. The van der Waals surface area contributed by atoms with Gasteiger partial charge in [-0.3, -0.25) is 9.89 Å². The Kier molecular flexibility index (Phi) is 3.32. The summed E-state index contributed by atoms with van der Waals surface area (Å²) in [6.07, 6.45) is 1.39. The average Bonchev–Trinajstić information content (AvgIpc) is 2.80. The minimum absolute atomic E-state index is 0.101. The van der Waals surface area contributed by atoms with E-state index in [-0.39, 0.29) is 11.4 Å². The molecule has 0 spiro atoms. The smallest absolute Gasteiger partial charge is 0.273 e. The topological polar surface area (TPSA) is 118 Å². The van der Waals surface area contributed by atoms with Crippen molar-refractivity contribution in [3.8, 4) is 0 Å². The summed E-state index contributed by atoms with van der Waals surface area (Å²) < 4.78 is 35.5. The van der Waals surface area contributed by atoms with E-state index in [1.54, 1.807) is 0 Å². The third kappa shape index (κ3) is 2.95. The Labute approximate surface area is 107 Å². The normalized spacial score (nSPS) is 11.3. The summed E-state index contributed by atoms with van der Waals surface area (Å²) in [5, 5.41) is 13.2. The first kappa shape index (κ1) is 13.2. The number of nitrogens with two attached hydrogens (primary N) is 1. The van der Waals surface area contributed by atoms with Crippen LogP contribution in [-0.2, 0) is 10.0 Å². The number of aromatic nitrogens is 2. The molecule has 0 aliphatic carbocycles. The minimum atomic E-state index is -4.13. The lowest BCUT2D eigenvalue weighted by atomic mass is 10.3. The molecule has 0 atom stereocenters. The van der Waals surface area contributed by atoms with Gasteiger partial charge in [0.15, 0.2) is 0 Å². The van der Waals surface area contributed by atoms with Gasteiger partial charge in [0, 0.05) is 11.9 Å². The fourth-order valence-corrected chi connectivity index (χ4v) is 1.98. The van der Waals surface area contributed by atoms with Crippen molar-refractivity contribution in [3.05, 3.63) is 42.0 Å². The number of nitrogens with zero attached hydrogens (tertiary/aromatic N) is 1. The summed E-state index contributed by atoms with van der Waals surface area (Å²) in [7, 11) is -4.13. The van der Waals surface area contributed by atoms with Gasteiger partial charge in [-0.25, -0.2) is 17.9 Å². The van der Waals surface area contributed by atoms with E-state index in [2.05, 4.69) is 15.5 Å². The van der Waals surface area contributed by atoms with Crippen molar-refractivity contribution >= 4 is 21.6 Å². The van der Waals surface area contributed by atoms with Crippen molar-refractivity contribution in [3.63, 3.8) is 0 Å². The highest BCUT2D eigenvalue weighted by atomic mass is 32.2. The molecule has 1 amide bonds. The monoisotopic (exact) mass is 284 g/mol. The summed E-state index contributed by atoms with van der Waals surface area (Å²) in [4.78, 5) is 11.0. The largest absolute Gasteiger partial charge is 0.321 e. The second-order valence-corrected chi connectivity index (χ2v) is 5.14. The molecule has 9 heteroatoms.